The zero-order valence-corrected chi connectivity index (χ0v) is 15.6. The lowest BCUT2D eigenvalue weighted by atomic mass is 10.0. The van der Waals surface area contributed by atoms with Gasteiger partial charge in [0.1, 0.15) is 0 Å². The van der Waals surface area contributed by atoms with Gasteiger partial charge in [-0.1, -0.05) is 0 Å². The fourth-order valence-electron chi connectivity index (χ4n) is 3.12. The van der Waals surface area contributed by atoms with E-state index >= 15 is 0 Å². The van der Waals surface area contributed by atoms with Crippen LogP contribution in [-0.2, 0) is 9.47 Å². The highest BCUT2D eigenvalue weighted by Crippen LogP contribution is 2.18. The number of thiazole rings is 1. The lowest BCUT2D eigenvalue weighted by Crippen LogP contribution is -2.51. The van der Waals surface area contributed by atoms with Crippen LogP contribution < -0.4 is 10.6 Å². The second-order valence-electron chi connectivity index (χ2n) is 6.51. The van der Waals surface area contributed by atoms with Crippen LogP contribution in [0.15, 0.2) is 16.6 Å². The summed E-state index contributed by atoms with van der Waals surface area (Å²) in [5.74, 6) is 1.32. The van der Waals surface area contributed by atoms with Gasteiger partial charge in [-0.15, -0.1) is 11.3 Å². The van der Waals surface area contributed by atoms with Crippen LogP contribution >= 0.6 is 11.3 Å². The van der Waals surface area contributed by atoms with E-state index in [1.54, 1.807) is 11.3 Å². The van der Waals surface area contributed by atoms with Crippen molar-refractivity contribution in [3.8, 4) is 0 Å². The maximum absolute atomic E-state index is 6.13. The molecule has 2 saturated heterocycles. The van der Waals surface area contributed by atoms with Crippen LogP contribution in [0.2, 0.25) is 0 Å². The van der Waals surface area contributed by atoms with Gasteiger partial charge in [-0.2, -0.15) is 0 Å². The summed E-state index contributed by atoms with van der Waals surface area (Å²) in [5, 5.41) is 3.11. The summed E-state index contributed by atoms with van der Waals surface area (Å²) in [6.07, 6.45) is 5.02. The molecule has 1 aromatic rings. The third-order valence-electron chi connectivity index (χ3n) is 4.71. The second kappa shape index (κ2) is 9.94. The highest BCUT2D eigenvalue weighted by molar-refractivity contribution is 7.13. The van der Waals surface area contributed by atoms with E-state index in [1.165, 1.54) is 0 Å². The Kier molecular flexibility index (Phi) is 7.32. The van der Waals surface area contributed by atoms with E-state index in [2.05, 4.69) is 19.8 Å². The normalized spacial score (nSPS) is 20.2. The molecule has 2 fully saturated rings. The van der Waals surface area contributed by atoms with Crippen LogP contribution in [-0.4, -0.2) is 75.0 Å². The molecule has 25 heavy (non-hydrogen) atoms. The van der Waals surface area contributed by atoms with Crippen molar-refractivity contribution in [3.05, 3.63) is 11.6 Å². The standard InChI is InChI=1S/C17H29N5O2S/c18-16(19-4-1-10-24-14-15-2-11-23-12-3-15)21-6-8-22(9-7-21)17-20-5-13-25-17/h5,13,15H,1-4,6-12,14H2,(H2,18,19). The Balaban J connectivity index is 1.27. The summed E-state index contributed by atoms with van der Waals surface area (Å²) in [5.41, 5.74) is 6.13. The van der Waals surface area contributed by atoms with E-state index in [0.29, 0.717) is 11.9 Å². The minimum atomic E-state index is 0.656. The molecule has 8 heteroatoms. The number of aromatic nitrogens is 1. The van der Waals surface area contributed by atoms with Crippen LogP contribution in [0.5, 0.6) is 0 Å². The molecule has 0 atom stereocenters. The average molecular weight is 368 g/mol. The van der Waals surface area contributed by atoms with Crippen molar-refractivity contribution in [2.75, 3.05) is 64.1 Å². The molecule has 2 N–H and O–H groups in total. The van der Waals surface area contributed by atoms with Crippen molar-refractivity contribution in [3.63, 3.8) is 0 Å². The number of guanidine groups is 1. The lowest BCUT2D eigenvalue weighted by Gasteiger charge is -2.35. The molecule has 0 amide bonds. The van der Waals surface area contributed by atoms with Crippen LogP contribution in [0.1, 0.15) is 19.3 Å². The minimum absolute atomic E-state index is 0.656. The number of hydrogen-bond donors (Lipinski definition) is 1. The molecule has 0 radical (unpaired) electrons. The molecule has 1 aromatic heterocycles. The molecule has 0 aliphatic carbocycles. The monoisotopic (exact) mass is 367 g/mol. The number of piperazine rings is 1. The molecule has 140 valence electrons. The zero-order chi connectivity index (χ0) is 17.3. The highest BCUT2D eigenvalue weighted by atomic mass is 32.1. The predicted molar refractivity (Wildman–Crippen MR) is 101 cm³/mol. The van der Waals surface area contributed by atoms with Gasteiger partial charge in [0.15, 0.2) is 11.1 Å². The fourth-order valence-corrected chi connectivity index (χ4v) is 3.82. The first-order valence-corrected chi connectivity index (χ1v) is 10.1. The maximum atomic E-state index is 6.13. The zero-order valence-electron chi connectivity index (χ0n) is 14.8. The summed E-state index contributed by atoms with van der Waals surface area (Å²) in [4.78, 5) is 13.3. The molecule has 0 spiro atoms. The Morgan fingerprint density at radius 2 is 2.12 bits per heavy atom. The predicted octanol–water partition coefficient (Wildman–Crippen LogP) is 1.41. The molecule has 7 nitrogen and oxygen atoms in total. The van der Waals surface area contributed by atoms with Gasteiger partial charge in [0.25, 0.3) is 0 Å². The number of nitrogens with zero attached hydrogens (tertiary/aromatic N) is 4. The van der Waals surface area contributed by atoms with Gasteiger partial charge in [-0.3, -0.25) is 4.99 Å². The van der Waals surface area contributed by atoms with Crippen molar-refractivity contribution < 1.29 is 9.47 Å². The van der Waals surface area contributed by atoms with E-state index < -0.39 is 0 Å². The number of nitrogens with two attached hydrogens (primary N) is 1. The number of rotatable bonds is 7. The van der Waals surface area contributed by atoms with Gasteiger partial charge in [-0.05, 0) is 25.2 Å². The number of anilines is 1. The largest absolute Gasteiger partial charge is 0.381 e. The van der Waals surface area contributed by atoms with E-state index in [1.807, 2.05) is 11.6 Å². The molecule has 0 bridgehead atoms. The fraction of sp³-hybridized carbons (Fsp3) is 0.765. The van der Waals surface area contributed by atoms with Gasteiger partial charge in [-0.25, -0.2) is 4.98 Å². The second-order valence-corrected chi connectivity index (χ2v) is 7.39. The Morgan fingerprint density at radius 3 is 2.84 bits per heavy atom. The molecule has 2 aliphatic heterocycles. The molecule has 0 aromatic carbocycles. The first-order valence-electron chi connectivity index (χ1n) is 9.18. The number of hydrogen-bond acceptors (Lipinski definition) is 6. The van der Waals surface area contributed by atoms with Crippen molar-refractivity contribution in [1.82, 2.24) is 9.88 Å². The first-order chi connectivity index (χ1) is 12.3. The Morgan fingerprint density at radius 1 is 1.32 bits per heavy atom. The highest BCUT2D eigenvalue weighted by Gasteiger charge is 2.19. The van der Waals surface area contributed by atoms with Gasteiger partial charge < -0.3 is 25.0 Å². The summed E-state index contributed by atoms with van der Waals surface area (Å²) < 4.78 is 11.1. The Labute approximate surface area is 153 Å². The van der Waals surface area contributed by atoms with E-state index in [4.69, 9.17) is 15.2 Å². The molecule has 0 saturated carbocycles. The van der Waals surface area contributed by atoms with E-state index in [9.17, 15) is 0 Å². The number of ether oxygens (including phenoxy) is 2. The quantitative estimate of drug-likeness (QED) is 0.446. The molecule has 3 heterocycles. The molecule has 0 unspecified atom stereocenters. The van der Waals surface area contributed by atoms with Crippen molar-refractivity contribution in [1.29, 1.82) is 0 Å². The summed E-state index contributed by atoms with van der Waals surface area (Å²) >= 11 is 1.68. The Bertz CT molecular complexity index is 511. The average Bonchev–Trinajstić information content (AvgIpc) is 3.20. The van der Waals surface area contributed by atoms with Crippen molar-refractivity contribution in [2.45, 2.75) is 19.3 Å². The molecule has 2 aliphatic rings. The van der Waals surface area contributed by atoms with Crippen LogP contribution in [0.25, 0.3) is 0 Å². The van der Waals surface area contributed by atoms with Crippen LogP contribution in [0.3, 0.4) is 0 Å². The van der Waals surface area contributed by atoms with Gasteiger partial charge in [0.2, 0.25) is 0 Å². The van der Waals surface area contributed by atoms with E-state index in [0.717, 1.165) is 83.5 Å². The first kappa shape index (κ1) is 18.4. The van der Waals surface area contributed by atoms with Crippen molar-refractivity contribution in [2.24, 2.45) is 16.6 Å². The molecular weight excluding hydrogens is 338 g/mol. The van der Waals surface area contributed by atoms with E-state index in [-0.39, 0.29) is 0 Å². The summed E-state index contributed by atoms with van der Waals surface area (Å²) in [6.45, 7) is 7.77. The third-order valence-corrected chi connectivity index (χ3v) is 5.54. The molecular formula is C17H29N5O2S. The smallest absolute Gasteiger partial charge is 0.191 e. The Hall–Kier alpha value is -1.38. The topological polar surface area (TPSA) is 76.2 Å². The van der Waals surface area contributed by atoms with Crippen LogP contribution in [0.4, 0.5) is 5.13 Å². The maximum Gasteiger partial charge on any atom is 0.191 e. The van der Waals surface area contributed by atoms with Gasteiger partial charge in [0, 0.05) is 70.7 Å². The molecule has 3 rings (SSSR count). The van der Waals surface area contributed by atoms with Crippen LogP contribution in [0, 0.1) is 5.92 Å². The SMILES string of the molecule is NC(=NCCCOCC1CCOCC1)N1CCN(c2nccs2)CC1. The van der Waals surface area contributed by atoms with Gasteiger partial charge in [0.05, 0.1) is 0 Å². The third kappa shape index (κ3) is 5.83. The van der Waals surface area contributed by atoms with Gasteiger partial charge >= 0.3 is 0 Å². The summed E-state index contributed by atoms with van der Waals surface area (Å²) in [7, 11) is 0. The minimum Gasteiger partial charge on any atom is -0.381 e. The lowest BCUT2D eigenvalue weighted by molar-refractivity contribution is 0.0205. The number of aliphatic imine (C=N–C) groups is 1. The summed E-state index contributed by atoms with van der Waals surface area (Å²) in [6, 6.07) is 0. The van der Waals surface area contributed by atoms with Crippen molar-refractivity contribution >= 4 is 22.4 Å².